The molecular formula is C24H22FN3Na2O6. The summed E-state index contributed by atoms with van der Waals surface area (Å²) < 4.78 is 20.8. The Kier molecular flexibility index (Phi) is 12.2. The van der Waals surface area contributed by atoms with Crippen LogP contribution in [0.4, 0.5) is 14.9 Å². The van der Waals surface area contributed by atoms with E-state index in [0.29, 0.717) is 22.6 Å². The van der Waals surface area contributed by atoms with Crippen molar-refractivity contribution >= 4 is 17.7 Å². The molecule has 0 bridgehead atoms. The molecule has 0 aliphatic rings. The number of anilines is 1. The molecule has 0 saturated carbocycles. The van der Waals surface area contributed by atoms with Gasteiger partial charge in [-0.3, -0.25) is 4.79 Å². The van der Waals surface area contributed by atoms with Gasteiger partial charge in [-0.05, 0) is 60.0 Å². The number of benzene rings is 2. The molecule has 2 aromatic carbocycles. The van der Waals surface area contributed by atoms with Gasteiger partial charge < -0.3 is 34.9 Å². The number of halogens is 1. The molecule has 0 saturated heterocycles. The number of carboxylic acids is 1. The third-order valence-corrected chi connectivity index (χ3v) is 5.27. The molecule has 1 heterocycles. The number of hydrogen-bond donors (Lipinski definition) is 2. The van der Waals surface area contributed by atoms with Crippen molar-refractivity contribution in [3.63, 3.8) is 0 Å². The van der Waals surface area contributed by atoms with E-state index in [-0.39, 0.29) is 64.7 Å². The van der Waals surface area contributed by atoms with Gasteiger partial charge in [-0.1, -0.05) is 17.9 Å². The fraction of sp³-hybridized carbons (Fsp3) is 0.208. The summed E-state index contributed by atoms with van der Waals surface area (Å²) in [6.07, 6.45) is -0.676. The van der Waals surface area contributed by atoms with E-state index < -0.39 is 47.3 Å². The van der Waals surface area contributed by atoms with Gasteiger partial charge in [0.25, 0.3) is 5.56 Å². The molecule has 0 unspecified atom stereocenters. The molecule has 2 N–H and O–H groups in total. The zero-order valence-electron chi connectivity index (χ0n) is 20.7. The van der Waals surface area contributed by atoms with Crippen molar-refractivity contribution in [1.82, 2.24) is 9.88 Å². The second kappa shape index (κ2) is 13.8. The summed E-state index contributed by atoms with van der Waals surface area (Å²) in [6.45, 7) is 1.56. The minimum atomic E-state index is -1.49. The molecule has 9 nitrogen and oxygen atoms in total. The molecule has 0 aliphatic carbocycles. The van der Waals surface area contributed by atoms with Crippen molar-refractivity contribution < 1.29 is 88.0 Å². The van der Waals surface area contributed by atoms with Gasteiger partial charge in [-0.2, -0.15) is 0 Å². The monoisotopic (exact) mass is 513 g/mol. The number of pyridine rings is 1. The Balaban J connectivity index is 0.00000324. The van der Waals surface area contributed by atoms with Gasteiger partial charge >= 0.3 is 65.1 Å². The van der Waals surface area contributed by atoms with Crippen LogP contribution in [0.3, 0.4) is 0 Å². The summed E-state index contributed by atoms with van der Waals surface area (Å²) in [7, 11) is 2.93. The summed E-state index contributed by atoms with van der Waals surface area (Å²) >= 11 is 0. The molecular weight excluding hydrogens is 491 g/mol. The predicted molar refractivity (Wildman–Crippen MR) is 119 cm³/mol. The third kappa shape index (κ3) is 7.83. The first-order valence-corrected chi connectivity index (χ1v) is 10.2. The molecule has 12 heteroatoms. The molecule has 0 radical (unpaired) electrons. The average Bonchev–Trinajstić information content (AvgIpc) is 2.79. The Hall–Kier alpha value is -2.34. The molecule has 2 amide bonds. The molecule has 0 aliphatic heterocycles. The topological polar surface area (TPSA) is 136 Å². The van der Waals surface area contributed by atoms with Crippen molar-refractivity contribution in [1.29, 1.82) is 0 Å². The van der Waals surface area contributed by atoms with Crippen molar-refractivity contribution in [3.8, 4) is 22.6 Å². The number of carbonyl (C=O) groups excluding carboxylic acids is 2. The van der Waals surface area contributed by atoms with Gasteiger partial charge in [0.15, 0.2) is 0 Å². The zero-order valence-corrected chi connectivity index (χ0v) is 24.7. The summed E-state index contributed by atoms with van der Waals surface area (Å²) in [5.41, 5.74) is 0.373. The van der Waals surface area contributed by atoms with Crippen LogP contribution in [0, 0.1) is 12.7 Å². The maximum absolute atomic E-state index is 14.5. The smallest absolute Gasteiger partial charge is 0.871 e. The van der Waals surface area contributed by atoms with Gasteiger partial charge in [0.05, 0.1) is 13.2 Å². The van der Waals surface area contributed by atoms with Gasteiger partial charge in [-0.25, -0.2) is 9.18 Å². The molecule has 3 rings (SSSR count). The largest absolute Gasteiger partial charge is 1.00 e. The second-order valence-corrected chi connectivity index (χ2v) is 7.62. The Labute approximate surface area is 251 Å². The number of carbonyl (C=O) groups is 2. The summed E-state index contributed by atoms with van der Waals surface area (Å²) in [5, 5.41) is 28.1. The maximum Gasteiger partial charge on any atom is 1.00 e. The quantitative estimate of drug-likeness (QED) is 0.307. The van der Waals surface area contributed by atoms with E-state index in [9.17, 15) is 29.0 Å². The zero-order chi connectivity index (χ0) is 25.0. The van der Waals surface area contributed by atoms with Crippen molar-refractivity contribution in [2.24, 2.45) is 7.05 Å². The van der Waals surface area contributed by atoms with E-state index >= 15 is 0 Å². The van der Waals surface area contributed by atoms with Crippen LogP contribution < -0.4 is 90.3 Å². The number of hydrogen-bond acceptors (Lipinski definition) is 6. The molecule has 0 fully saturated rings. The van der Waals surface area contributed by atoms with Crippen LogP contribution in [0.2, 0.25) is 0 Å². The number of amides is 2. The van der Waals surface area contributed by atoms with Crippen LogP contribution >= 0.6 is 0 Å². The SMILES string of the molecule is COc1cccc(-c2cc(F)cc([C@H](CC(=O)[O-])NC(=O)Nc3c([O-])cc(C)n(C)c3=O)c2)c1.[Na+].[Na+]. The number of rotatable bonds is 7. The standard InChI is InChI=1S/C24H24FN3O6.2Na/c1-13-7-20(29)22(23(32)28(13)2)27-24(33)26-19(12-21(30)31)16-8-15(9-17(25)10-16)14-5-4-6-18(11-14)34-3;;/h4-11,19,29H,12H2,1-3H3,(H,30,31)(H2,26,27,33);;/q;2*+1/p-2/t19-;;/m0../s1. The van der Waals surface area contributed by atoms with E-state index in [1.165, 1.54) is 36.9 Å². The minimum absolute atomic E-state index is 0. The van der Waals surface area contributed by atoms with Gasteiger partial charge in [-0.15, -0.1) is 0 Å². The summed E-state index contributed by atoms with van der Waals surface area (Å²) in [5.74, 6) is -2.30. The molecule has 0 spiro atoms. The molecule has 36 heavy (non-hydrogen) atoms. The van der Waals surface area contributed by atoms with Crippen molar-refractivity contribution in [3.05, 3.63) is 76.0 Å². The van der Waals surface area contributed by atoms with Crippen molar-refractivity contribution in [2.75, 3.05) is 12.4 Å². The second-order valence-electron chi connectivity index (χ2n) is 7.62. The summed E-state index contributed by atoms with van der Waals surface area (Å²) in [4.78, 5) is 36.2. The normalized spacial score (nSPS) is 10.9. The fourth-order valence-corrected chi connectivity index (χ4v) is 3.42. The Morgan fingerprint density at radius 2 is 1.81 bits per heavy atom. The number of methoxy groups -OCH3 is 1. The van der Waals surface area contributed by atoms with Gasteiger partial charge in [0, 0.05) is 25.1 Å². The molecule has 178 valence electrons. The number of nitrogens with one attached hydrogen (secondary N) is 2. The molecule has 1 atom stereocenters. The Morgan fingerprint density at radius 1 is 1.11 bits per heavy atom. The minimum Gasteiger partial charge on any atom is -0.871 e. The number of aromatic nitrogens is 1. The van der Waals surface area contributed by atoms with E-state index in [4.69, 9.17) is 4.74 Å². The number of aryl methyl sites for hydroxylation is 1. The Morgan fingerprint density at radius 3 is 2.44 bits per heavy atom. The van der Waals surface area contributed by atoms with Crippen LogP contribution in [-0.2, 0) is 11.8 Å². The maximum atomic E-state index is 14.5. The molecule has 3 aromatic rings. The van der Waals surface area contributed by atoms with E-state index in [1.807, 2.05) is 0 Å². The Bertz CT molecular complexity index is 1320. The number of urea groups is 1. The van der Waals surface area contributed by atoms with Crippen LogP contribution in [0.25, 0.3) is 11.1 Å². The first-order valence-electron chi connectivity index (χ1n) is 10.2. The van der Waals surface area contributed by atoms with Crippen LogP contribution in [0.5, 0.6) is 11.5 Å². The van der Waals surface area contributed by atoms with Crippen LogP contribution in [-0.4, -0.2) is 23.7 Å². The predicted octanol–water partition coefficient (Wildman–Crippen LogP) is -4.41. The van der Waals surface area contributed by atoms with E-state index in [1.54, 1.807) is 31.2 Å². The number of aliphatic carboxylic acids is 1. The fourth-order valence-electron chi connectivity index (χ4n) is 3.42. The number of ether oxygens (including phenoxy) is 1. The van der Waals surface area contributed by atoms with E-state index in [2.05, 4.69) is 10.6 Å². The number of nitrogens with zero attached hydrogens (tertiary/aromatic N) is 1. The van der Waals surface area contributed by atoms with Crippen molar-refractivity contribution in [2.45, 2.75) is 19.4 Å². The van der Waals surface area contributed by atoms with Gasteiger partial charge in [0.1, 0.15) is 17.3 Å². The van der Waals surface area contributed by atoms with E-state index in [0.717, 1.165) is 6.07 Å². The third-order valence-electron chi connectivity index (χ3n) is 5.27. The summed E-state index contributed by atoms with van der Waals surface area (Å²) in [6, 6.07) is 9.66. The molecule has 1 aromatic heterocycles. The van der Waals surface area contributed by atoms with Crippen LogP contribution in [0.15, 0.2) is 53.3 Å². The first-order chi connectivity index (χ1) is 16.1. The van der Waals surface area contributed by atoms with Gasteiger partial charge in [0.2, 0.25) is 0 Å². The van der Waals surface area contributed by atoms with Crippen LogP contribution in [0.1, 0.15) is 23.7 Å². The first kappa shape index (κ1) is 31.7. The average molecular weight is 513 g/mol. The number of carboxylic acid groups (broad SMARTS) is 1.